The summed E-state index contributed by atoms with van der Waals surface area (Å²) in [5.41, 5.74) is 1.78. The summed E-state index contributed by atoms with van der Waals surface area (Å²) in [4.78, 5) is 13.7. The summed E-state index contributed by atoms with van der Waals surface area (Å²) in [7, 11) is 0. The zero-order valence-electron chi connectivity index (χ0n) is 9.02. The zero-order chi connectivity index (χ0) is 11.0. The van der Waals surface area contributed by atoms with Gasteiger partial charge < -0.3 is 5.32 Å². The molecule has 0 atom stereocenters. The number of hydrogen-bond acceptors (Lipinski definition) is 2. The summed E-state index contributed by atoms with van der Waals surface area (Å²) in [6, 6.07) is 7.96. The van der Waals surface area contributed by atoms with Gasteiger partial charge in [0, 0.05) is 6.04 Å². The van der Waals surface area contributed by atoms with Crippen LogP contribution < -0.4 is 15.5 Å². The highest BCUT2D eigenvalue weighted by molar-refractivity contribution is 6.04. The maximum Gasteiger partial charge on any atom is 0.348 e. The number of benzene rings is 1. The van der Waals surface area contributed by atoms with Crippen LogP contribution in [0.3, 0.4) is 0 Å². The van der Waals surface area contributed by atoms with E-state index in [4.69, 9.17) is 0 Å². The molecular weight excluding hydrogens is 202 g/mol. The van der Waals surface area contributed by atoms with E-state index in [2.05, 4.69) is 10.6 Å². The summed E-state index contributed by atoms with van der Waals surface area (Å²) < 4.78 is 0. The van der Waals surface area contributed by atoms with Crippen molar-refractivity contribution in [2.75, 3.05) is 18.0 Å². The first-order valence-corrected chi connectivity index (χ1v) is 5.71. The van der Waals surface area contributed by atoms with Crippen molar-refractivity contribution in [1.82, 2.24) is 10.6 Å². The molecule has 2 amide bonds. The second-order valence-corrected chi connectivity index (χ2v) is 4.23. The van der Waals surface area contributed by atoms with Gasteiger partial charge in [-0.2, -0.15) is 5.32 Å². The van der Waals surface area contributed by atoms with Gasteiger partial charge in [0.25, 0.3) is 0 Å². The van der Waals surface area contributed by atoms with Gasteiger partial charge >= 0.3 is 6.03 Å². The molecule has 0 aliphatic carbocycles. The Labute approximate surface area is 94.6 Å². The molecule has 1 saturated heterocycles. The molecular formula is C12H14N3O. The predicted molar refractivity (Wildman–Crippen MR) is 62.0 cm³/mol. The summed E-state index contributed by atoms with van der Waals surface area (Å²) in [6.07, 6.45) is 2.02. The first-order valence-electron chi connectivity index (χ1n) is 5.71. The fourth-order valence-corrected chi connectivity index (χ4v) is 2.44. The van der Waals surface area contributed by atoms with Crippen molar-refractivity contribution < 1.29 is 4.79 Å². The van der Waals surface area contributed by atoms with Crippen molar-refractivity contribution in [3.05, 3.63) is 24.3 Å². The summed E-state index contributed by atoms with van der Waals surface area (Å²) in [5.74, 6) is 0. The molecule has 1 aromatic rings. The number of nitrogens with zero attached hydrogens (tertiary/aromatic N) is 2. The highest BCUT2D eigenvalue weighted by Gasteiger charge is 2.34. The normalized spacial score (nSPS) is 20.8. The molecule has 0 saturated carbocycles. The van der Waals surface area contributed by atoms with Gasteiger partial charge in [-0.15, -0.1) is 0 Å². The third kappa shape index (κ3) is 1.46. The molecule has 16 heavy (non-hydrogen) atoms. The Hall–Kier alpha value is -1.55. The number of hydrogen-bond donors (Lipinski definition) is 1. The summed E-state index contributed by atoms with van der Waals surface area (Å²) in [5, 5.41) is 7.38. The lowest BCUT2D eigenvalue weighted by molar-refractivity contribution is 0.247. The van der Waals surface area contributed by atoms with Crippen LogP contribution in [0.25, 0.3) is 0 Å². The average molecular weight is 216 g/mol. The molecule has 2 heterocycles. The van der Waals surface area contributed by atoms with Gasteiger partial charge in [-0.3, -0.25) is 4.90 Å². The van der Waals surface area contributed by atoms with Crippen molar-refractivity contribution in [2.45, 2.75) is 18.9 Å². The largest absolute Gasteiger partial charge is 0.348 e. The lowest BCUT2D eigenvalue weighted by Crippen LogP contribution is -2.45. The highest BCUT2D eigenvalue weighted by atomic mass is 16.2. The molecule has 4 nitrogen and oxygen atoms in total. The third-order valence-corrected chi connectivity index (χ3v) is 3.24. The van der Waals surface area contributed by atoms with Crippen LogP contribution in [-0.4, -0.2) is 25.2 Å². The Balaban J connectivity index is 1.92. The molecule has 1 fully saturated rings. The van der Waals surface area contributed by atoms with E-state index in [0.717, 1.165) is 37.3 Å². The number of amides is 2. The van der Waals surface area contributed by atoms with Gasteiger partial charge in [0.05, 0.1) is 11.4 Å². The number of carbonyl (C=O) groups excluding carboxylic acids is 1. The Morgan fingerprint density at radius 3 is 2.81 bits per heavy atom. The molecule has 1 N–H and O–H groups in total. The minimum Gasteiger partial charge on any atom is -0.317 e. The molecule has 0 spiro atoms. The third-order valence-electron chi connectivity index (χ3n) is 3.24. The predicted octanol–water partition coefficient (Wildman–Crippen LogP) is 1.61. The summed E-state index contributed by atoms with van der Waals surface area (Å²) >= 11 is 0. The van der Waals surface area contributed by atoms with Crippen molar-refractivity contribution in [3.63, 3.8) is 0 Å². The number of carbonyl (C=O) groups is 1. The second kappa shape index (κ2) is 3.79. The minimum absolute atomic E-state index is 0.104. The molecule has 0 unspecified atom stereocenters. The molecule has 3 rings (SSSR count). The lowest BCUT2D eigenvalue weighted by Gasteiger charge is -2.30. The Kier molecular flexibility index (Phi) is 2.29. The maximum atomic E-state index is 11.9. The van der Waals surface area contributed by atoms with E-state index < -0.39 is 0 Å². The van der Waals surface area contributed by atoms with E-state index in [0.29, 0.717) is 6.04 Å². The van der Waals surface area contributed by atoms with Crippen LogP contribution >= 0.6 is 0 Å². The van der Waals surface area contributed by atoms with E-state index in [9.17, 15) is 4.79 Å². The standard InChI is InChI=1S/C12H14N3O/c16-12-14-10-3-1-2-4-11(10)15(12)9-5-7-13-8-6-9/h1-4,9,13H,5-8H2. The van der Waals surface area contributed by atoms with E-state index in [1.807, 2.05) is 29.2 Å². The van der Waals surface area contributed by atoms with Crippen LogP contribution in [0.2, 0.25) is 0 Å². The van der Waals surface area contributed by atoms with Crippen molar-refractivity contribution in [2.24, 2.45) is 0 Å². The van der Waals surface area contributed by atoms with Crippen molar-refractivity contribution in [1.29, 1.82) is 0 Å². The van der Waals surface area contributed by atoms with Crippen LogP contribution in [0.5, 0.6) is 0 Å². The van der Waals surface area contributed by atoms with Crippen LogP contribution in [0.15, 0.2) is 24.3 Å². The quantitative estimate of drug-likeness (QED) is 0.775. The number of anilines is 1. The number of rotatable bonds is 1. The van der Waals surface area contributed by atoms with Gasteiger partial charge in [0.2, 0.25) is 0 Å². The van der Waals surface area contributed by atoms with Gasteiger partial charge in [-0.05, 0) is 38.1 Å². The van der Waals surface area contributed by atoms with Gasteiger partial charge in [-0.1, -0.05) is 12.1 Å². The maximum absolute atomic E-state index is 11.9. The molecule has 83 valence electrons. The van der Waals surface area contributed by atoms with Crippen LogP contribution in [-0.2, 0) is 0 Å². The first-order chi connectivity index (χ1) is 7.86. The van der Waals surface area contributed by atoms with Gasteiger partial charge in [0.1, 0.15) is 0 Å². The average Bonchev–Trinajstić information content (AvgIpc) is 2.66. The van der Waals surface area contributed by atoms with Crippen LogP contribution in [0, 0.1) is 0 Å². The smallest absolute Gasteiger partial charge is 0.317 e. The van der Waals surface area contributed by atoms with E-state index >= 15 is 0 Å². The van der Waals surface area contributed by atoms with Crippen LogP contribution in [0.1, 0.15) is 12.8 Å². The number of urea groups is 1. The fourth-order valence-electron chi connectivity index (χ4n) is 2.44. The lowest BCUT2D eigenvalue weighted by atomic mass is 10.0. The van der Waals surface area contributed by atoms with E-state index in [1.54, 1.807) is 0 Å². The SMILES string of the molecule is O=C1[N]c2ccccc2N1C1CCNCC1. The second-order valence-electron chi connectivity index (χ2n) is 4.23. The molecule has 0 aromatic heterocycles. The molecule has 1 aromatic carbocycles. The highest BCUT2D eigenvalue weighted by Crippen LogP contribution is 2.35. The fraction of sp³-hybridized carbons (Fsp3) is 0.417. The van der Waals surface area contributed by atoms with Gasteiger partial charge in [0.15, 0.2) is 0 Å². The zero-order valence-corrected chi connectivity index (χ0v) is 9.02. The number of fused-ring (bicyclic) bond motifs is 1. The number of nitrogens with one attached hydrogen (secondary N) is 1. The number of piperidine rings is 1. The Bertz CT molecular complexity index is 412. The van der Waals surface area contributed by atoms with Crippen molar-refractivity contribution >= 4 is 17.4 Å². The summed E-state index contributed by atoms with van der Waals surface area (Å²) in [6.45, 7) is 1.97. The molecule has 1 radical (unpaired) electrons. The number of para-hydroxylation sites is 2. The Morgan fingerprint density at radius 1 is 1.25 bits per heavy atom. The van der Waals surface area contributed by atoms with E-state index in [-0.39, 0.29) is 6.03 Å². The van der Waals surface area contributed by atoms with Gasteiger partial charge in [-0.25, -0.2) is 4.79 Å². The topological polar surface area (TPSA) is 46.4 Å². The van der Waals surface area contributed by atoms with Crippen LogP contribution in [0.4, 0.5) is 16.2 Å². The Morgan fingerprint density at radius 2 is 2.00 bits per heavy atom. The molecule has 2 aliphatic heterocycles. The van der Waals surface area contributed by atoms with E-state index in [1.165, 1.54) is 0 Å². The first kappa shape index (κ1) is 9.66. The van der Waals surface area contributed by atoms with Crippen molar-refractivity contribution in [3.8, 4) is 0 Å². The molecule has 2 aliphatic rings. The monoisotopic (exact) mass is 216 g/mol. The minimum atomic E-state index is -0.104. The molecule has 0 bridgehead atoms. The molecule has 4 heteroatoms.